The number of nitrogens with one attached hydrogen (secondary N) is 2. The minimum absolute atomic E-state index is 0.115. The molecule has 0 aliphatic carbocycles. The first-order chi connectivity index (χ1) is 15.7. The van der Waals surface area contributed by atoms with Crippen LogP contribution in [0, 0.1) is 0 Å². The smallest absolute Gasteiger partial charge is 0.315 e. The van der Waals surface area contributed by atoms with Gasteiger partial charge in [0, 0.05) is 31.3 Å². The zero-order chi connectivity index (χ0) is 21.8. The Morgan fingerprint density at radius 3 is 2.78 bits per heavy atom. The van der Waals surface area contributed by atoms with Crippen molar-refractivity contribution in [1.82, 2.24) is 20.2 Å². The van der Waals surface area contributed by atoms with Crippen molar-refractivity contribution in [2.45, 2.75) is 32.2 Å². The molecule has 1 aromatic heterocycles. The van der Waals surface area contributed by atoms with Crippen LogP contribution < -0.4 is 20.1 Å². The molecule has 8 heteroatoms. The number of benzene rings is 2. The predicted molar refractivity (Wildman–Crippen MR) is 119 cm³/mol. The van der Waals surface area contributed by atoms with E-state index in [0.29, 0.717) is 39.5 Å². The number of imidazole rings is 1. The fourth-order valence-corrected chi connectivity index (χ4v) is 3.82. The molecule has 2 aromatic carbocycles. The van der Waals surface area contributed by atoms with E-state index < -0.39 is 0 Å². The van der Waals surface area contributed by atoms with E-state index in [-0.39, 0.29) is 12.1 Å². The van der Waals surface area contributed by atoms with Gasteiger partial charge in [-0.1, -0.05) is 30.3 Å². The van der Waals surface area contributed by atoms with Crippen molar-refractivity contribution in [2.24, 2.45) is 0 Å². The average molecular weight is 434 g/mol. The van der Waals surface area contributed by atoms with E-state index >= 15 is 0 Å². The zero-order valence-electron chi connectivity index (χ0n) is 17.8. The predicted octanol–water partition coefficient (Wildman–Crippen LogP) is 3.11. The molecule has 0 radical (unpaired) electrons. The Labute approximate surface area is 186 Å². The molecule has 2 aliphatic heterocycles. The SMILES string of the molecule is O=C(NCc1ccccc1)NC[C@H]1Cn2cc(-c3ccc4c(c3)OCCCO4)nc2CO1. The van der Waals surface area contributed by atoms with Gasteiger partial charge >= 0.3 is 6.03 Å². The molecule has 0 unspecified atom stereocenters. The summed E-state index contributed by atoms with van der Waals surface area (Å²) in [6, 6.07) is 15.5. The monoisotopic (exact) mass is 434 g/mol. The standard InChI is InChI=1S/C24H26N4O4/c29-24(25-12-17-5-2-1-3-6-17)26-13-19-14-28-15-20(27-23(28)16-32-19)18-7-8-21-22(11-18)31-10-4-9-30-21/h1-3,5-8,11,15,19H,4,9-10,12-14,16H2,(H2,25,26,29)/t19-/m0/s1. The molecule has 0 saturated heterocycles. The van der Waals surface area contributed by atoms with E-state index in [1.165, 1.54) is 0 Å². The van der Waals surface area contributed by atoms with Crippen molar-refractivity contribution in [1.29, 1.82) is 0 Å². The third-order valence-electron chi connectivity index (χ3n) is 5.54. The van der Waals surface area contributed by atoms with Gasteiger partial charge in [0.1, 0.15) is 12.4 Å². The molecule has 5 rings (SSSR count). The summed E-state index contributed by atoms with van der Waals surface area (Å²) in [7, 11) is 0. The van der Waals surface area contributed by atoms with E-state index in [0.717, 1.165) is 40.6 Å². The maximum absolute atomic E-state index is 12.1. The molecule has 166 valence electrons. The lowest BCUT2D eigenvalue weighted by Gasteiger charge is -2.24. The van der Waals surface area contributed by atoms with E-state index in [2.05, 4.69) is 15.2 Å². The zero-order valence-corrected chi connectivity index (χ0v) is 17.8. The third kappa shape index (κ3) is 4.70. The van der Waals surface area contributed by atoms with Crippen LogP contribution in [-0.2, 0) is 24.4 Å². The first-order valence-corrected chi connectivity index (χ1v) is 10.9. The van der Waals surface area contributed by atoms with Gasteiger partial charge in [0.2, 0.25) is 0 Å². The molecule has 32 heavy (non-hydrogen) atoms. The quantitative estimate of drug-likeness (QED) is 0.644. The van der Waals surface area contributed by atoms with Crippen LogP contribution in [-0.4, -0.2) is 41.4 Å². The number of nitrogens with zero attached hydrogens (tertiary/aromatic N) is 2. The summed E-state index contributed by atoms with van der Waals surface area (Å²) in [5.74, 6) is 2.40. The lowest BCUT2D eigenvalue weighted by Crippen LogP contribution is -2.42. The van der Waals surface area contributed by atoms with Gasteiger partial charge < -0.3 is 29.4 Å². The first kappa shape index (κ1) is 20.4. The van der Waals surface area contributed by atoms with Crippen LogP contribution in [0.25, 0.3) is 11.3 Å². The maximum atomic E-state index is 12.1. The summed E-state index contributed by atoms with van der Waals surface area (Å²) < 4.78 is 19.5. The summed E-state index contributed by atoms with van der Waals surface area (Å²) in [4.78, 5) is 16.8. The Bertz CT molecular complexity index is 1080. The molecule has 2 amide bonds. The molecule has 2 N–H and O–H groups in total. The molecule has 3 aromatic rings. The van der Waals surface area contributed by atoms with Crippen molar-refractivity contribution >= 4 is 6.03 Å². The van der Waals surface area contributed by atoms with Crippen LogP contribution in [0.15, 0.2) is 54.7 Å². The van der Waals surface area contributed by atoms with Gasteiger partial charge in [-0.15, -0.1) is 0 Å². The van der Waals surface area contributed by atoms with Crippen molar-refractivity contribution in [2.75, 3.05) is 19.8 Å². The van der Waals surface area contributed by atoms with E-state index in [1.54, 1.807) is 0 Å². The summed E-state index contributed by atoms with van der Waals surface area (Å²) in [5, 5.41) is 5.76. The van der Waals surface area contributed by atoms with Crippen molar-refractivity contribution in [3.63, 3.8) is 0 Å². The first-order valence-electron chi connectivity index (χ1n) is 10.9. The second-order valence-corrected chi connectivity index (χ2v) is 7.89. The highest BCUT2D eigenvalue weighted by molar-refractivity contribution is 5.73. The molecule has 1 atom stereocenters. The Kier molecular flexibility index (Phi) is 5.93. The average Bonchev–Trinajstić information content (AvgIpc) is 3.11. The normalized spacial score (nSPS) is 17.2. The molecular formula is C24H26N4O4. The van der Waals surface area contributed by atoms with Crippen molar-refractivity contribution in [3.05, 3.63) is 66.1 Å². The van der Waals surface area contributed by atoms with Crippen LogP contribution in [0.1, 0.15) is 17.8 Å². The largest absolute Gasteiger partial charge is 0.490 e. The summed E-state index contributed by atoms with van der Waals surface area (Å²) in [6.07, 6.45) is 2.79. The number of ether oxygens (including phenoxy) is 3. The molecular weight excluding hydrogens is 408 g/mol. The lowest BCUT2D eigenvalue weighted by atomic mass is 10.1. The Balaban J connectivity index is 1.17. The van der Waals surface area contributed by atoms with E-state index in [9.17, 15) is 4.79 Å². The molecule has 0 saturated carbocycles. The van der Waals surface area contributed by atoms with E-state index in [1.807, 2.05) is 54.7 Å². The lowest BCUT2D eigenvalue weighted by molar-refractivity contribution is 0.00444. The minimum Gasteiger partial charge on any atom is -0.490 e. The number of carbonyl (C=O) groups excluding carboxylic acids is 1. The highest BCUT2D eigenvalue weighted by Crippen LogP contribution is 2.34. The fourth-order valence-electron chi connectivity index (χ4n) is 3.82. The number of rotatable bonds is 5. The number of aromatic nitrogens is 2. The van der Waals surface area contributed by atoms with Gasteiger partial charge in [-0.05, 0) is 23.8 Å². The van der Waals surface area contributed by atoms with Gasteiger partial charge in [0.25, 0.3) is 0 Å². The Morgan fingerprint density at radius 2 is 1.91 bits per heavy atom. The van der Waals surface area contributed by atoms with Crippen molar-refractivity contribution in [3.8, 4) is 22.8 Å². The van der Waals surface area contributed by atoms with Gasteiger partial charge in [0.15, 0.2) is 11.5 Å². The second-order valence-electron chi connectivity index (χ2n) is 7.89. The van der Waals surface area contributed by atoms with Crippen LogP contribution >= 0.6 is 0 Å². The molecule has 0 fully saturated rings. The number of hydrogen-bond donors (Lipinski definition) is 2. The maximum Gasteiger partial charge on any atom is 0.315 e. The van der Waals surface area contributed by atoms with Gasteiger partial charge in [-0.3, -0.25) is 0 Å². The summed E-state index contributed by atoms with van der Waals surface area (Å²) in [6.45, 7) is 3.27. The van der Waals surface area contributed by atoms with Crippen LogP contribution in [0.2, 0.25) is 0 Å². The number of amides is 2. The summed E-state index contributed by atoms with van der Waals surface area (Å²) in [5.41, 5.74) is 2.90. The second kappa shape index (κ2) is 9.32. The van der Waals surface area contributed by atoms with Crippen LogP contribution in [0.4, 0.5) is 4.79 Å². The Morgan fingerprint density at radius 1 is 1.06 bits per heavy atom. The molecule has 3 heterocycles. The molecule has 2 aliphatic rings. The third-order valence-corrected chi connectivity index (χ3v) is 5.54. The highest BCUT2D eigenvalue weighted by Gasteiger charge is 2.22. The molecule has 0 bridgehead atoms. The fraction of sp³-hybridized carbons (Fsp3) is 0.333. The number of carbonyl (C=O) groups is 1. The van der Waals surface area contributed by atoms with E-state index in [4.69, 9.17) is 19.2 Å². The number of hydrogen-bond acceptors (Lipinski definition) is 5. The summed E-state index contributed by atoms with van der Waals surface area (Å²) >= 11 is 0. The Hall–Kier alpha value is -3.52. The van der Waals surface area contributed by atoms with Crippen molar-refractivity contribution < 1.29 is 19.0 Å². The molecule has 0 spiro atoms. The number of fused-ring (bicyclic) bond motifs is 2. The van der Waals surface area contributed by atoms with Crippen LogP contribution in [0.3, 0.4) is 0 Å². The molecule has 8 nitrogen and oxygen atoms in total. The minimum atomic E-state index is -0.207. The van der Waals surface area contributed by atoms with Crippen LogP contribution in [0.5, 0.6) is 11.5 Å². The van der Waals surface area contributed by atoms with Gasteiger partial charge in [-0.2, -0.15) is 0 Å². The van der Waals surface area contributed by atoms with Gasteiger partial charge in [0.05, 0.1) is 31.6 Å². The van der Waals surface area contributed by atoms with Gasteiger partial charge in [-0.25, -0.2) is 9.78 Å². The highest BCUT2D eigenvalue weighted by atomic mass is 16.5. The number of urea groups is 1. The topological polar surface area (TPSA) is 86.6 Å².